The number of halogens is 1. The van der Waals surface area contributed by atoms with Crippen LogP contribution in [0, 0.1) is 0 Å². The fraction of sp³-hybridized carbons (Fsp3) is 0.333. The molecule has 0 saturated heterocycles. The number of hydrogen-bond donors (Lipinski definition) is 1. The monoisotopic (exact) mass is 335 g/mol. The van der Waals surface area contributed by atoms with E-state index in [0.717, 1.165) is 18.2 Å². The van der Waals surface area contributed by atoms with Gasteiger partial charge in [-0.2, -0.15) is 0 Å². The van der Waals surface area contributed by atoms with E-state index in [1.165, 1.54) is 4.90 Å². The van der Waals surface area contributed by atoms with Crippen LogP contribution in [-0.2, 0) is 13.8 Å². The number of carbonyl (C=O) groups is 2. The van der Waals surface area contributed by atoms with Gasteiger partial charge in [-0.25, -0.2) is 13.2 Å². The Kier molecular flexibility index (Phi) is 5.56. The molecule has 7 nitrogen and oxygen atoms in total. The van der Waals surface area contributed by atoms with Crippen molar-refractivity contribution in [3.63, 3.8) is 0 Å². The number of nitrogens with zero attached hydrogens (tertiary/aromatic N) is 1. The van der Waals surface area contributed by atoms with Gasteiger partial charge in [0.2, 0.25) is 0 Å². The SMILES string of the molecule is CCN(C)C(=O)COc1ccc(S(=O)(=O)Cl)cc1C(=O)O. The van der Waals surface area contributed by atoms with E-state index in [4.69, 9.17) is 20.5 Å². The number of amides is 1. The minimum Gasteiger partial charge on any atom is -0.483 e. The van der Waals surface area contributed by atoms with Crippen LogP contribution >= 0.6 is 10.7 Å². The minimum atomic E-state index is -4.05. The van der Waals surface area contributed by atoms with Gasteiger partial charge in [0.05, 0.1) is 4.90 Å². The van der Waals surface area contributed by atoms with Gasteiger partial charge in [-0.3, -0.25) is 4.79 Å². The zero-order chi connectivity index (χ0) is 16.2. The molecule has 0 fully saturated rings. The van der Waals surface area contributed by atoms with Crippen molar-refractivity contribution in [3.05, 3.63) is 23.8 Å². The third-order valence-corrected chi connectivity index (χ3v) is 4.07. The number of carboxylic acid groups (broad SMARTS) is 1. The lowest BCUT2D eigenvalue weighted by Crippen LogP contribution is -2.31. The largest absolute Gasteiger partial charge is 0.483 e. The summed E-state index contributed by atoms with van der Waals surface area (Å²) in [6.45, 7) is 1.91. The summed E-state index contributed by atoms with van der Waals surface area (Å²) in [4.78, 5) is 23.8. The third-order valence-electron chi connectivity index (χ3n) is 2.71. The van der Waals surface area contributed by atoms with Crippen LogP contribution in [0.25, 0.3) is 0 Å². The van der Waals surface area contributed by atoms with Crippen LogP contribution in [0.2, 0.25) is 0 Å². The number of hydrogen-bond acceptors (Lipinski definition) is 5. The summed E-state index contributed by atoms with van der Waals surface area (Å²) in [7, 11) is 2.68. The van der Waals surface area contributed by atoms with Crippen molar-refractivity contribution < 1.29 is 27.9 Å². The maximum Gasteiger partial charge on any atom is 0.339 e. The van der Waals surface area contributed by atoms with Gasteiger partial charge >= 0.3 is 5.97 Å². The summed E-state index contributed by atoms with van der Waals surface area (Å²) in [6.07, 6.45) is 0. The summed E-state index contributed by atoms with van der Waals surface area (Å²) in [6, 6.07) is 3.14. The molecule has 0 atom stereocenters. The molecule has 1 N–H and O–H groups in total. The molecule has 9 heteroatoms. The first-order chi connectivity index (χ1) is 9.66. The van der Waals surface area contributed by atoms with E-state index in [2.05, 4.69) is 0 Å². The fourth-order valence-corrected chi connectivity index (χ4v) is 2.16. The molecular weight excluding hydrogens is 322 g/mol. The maximum absolute atomic E-state index is 11.6. The Hall–Kier alpha value is -1.80. The van der Waals surface area contributed by atoms with E-state index in [9.17, 15) is 18.0 Å². The topological polar surface area (TPSA) is 101 Å². The van der Waals surface area contributed by atoms with Gasteiger partial charge < -0.3 is 14.7 Å². The van der Waals surface area contributed by atoms with E-state index < -0.39 is 15.0 Å². The van der Waals surface area contributed by atoms with Crippen molar-refractivity contribution in [3.8, 4) is 5.75 Å². The molecule has 1 rings (SSSR count). The molecule has 0 aliphatic heterocycles. The van der Waals surface area contributed by atoms with Gasteiger partial charge in [0, 0.05) is 24.3 Å². The number of rotatable bonds is 6. The lowest BCUT2D eigenvalue weighted by atomic mass is 10.2. The van der Waals surface area contributed by atoms with Crippen molar-refractivity contribution >= 4 is 31.6 Å². The molecule has 1 aromatic rings. The lowest BCUT2D eigenvalue weighted by molar-refractivity contribution is -0.131. The van der Waals surface area contributed by atoms with E-state index in [1.807, 2.05) is 0 Å². The Bertz CT molecular complexity index is 658. The molecule has 0 spiro atoms. The van der Waals surface area contributed by atoms with Crippen LogP contribution in [0.15, 0.2) is 23.1 Å². The van der Waals surface area contributed by atoms with Crippen molar-refractivity contribution in [1.29, 1.82) is 0 Å². The number of likely N-dealkylation sites (N-methyl/N-ethyl adjacent to an activating group) is 1. The fourth-order valence-electron chi connectivity index (χ4n) is 1.38. The van der Waals surface area contributed by atoms with Crippen LogP contribution in [0.5, 0.6) is 5.75 Å². The molecule has 116 valence electrons. The highest BCUT2D eigenvalue weighted by atomic mass is 35.7. The minimum absolute atomic E-state index is 0.107. The first-order valence-electron chi connectivity index (χ1n) is 5.85. The Morgan fingerprint density at radius 3 is 2.48 bits per heavy atom. The number of carboxylic acids is 1. The number of ether oxygens (including phenoxy) is 1. The Morgan fingerprint density at radius 2 is 2.00 bits per heavy atom. The smallest absolute Gasteiger partial charge is 0.339 e. The molecule has 0 aromatic heterocycles. The van der Waals surface area contributed by atoms with Gasteiger partial charge in [-0.05, 0) is 25.1 Å². The summed E-state index contributed by atoms with van der Waals surface area (Å²) in [5.41, 5.74) is -0.385. The summed E-state index contributed by atoms with van der Waals surface area (Å²) >= 11 is 0. The van der Waals surface area contributed by atoms with Gasteiger partial charge in [0.15, 0.2) is 6.61 Å². The van der Waals surface area contributed by atoms with Crippen molar-refractivity contribution in [2.45, 2.75) is 11.8 Å². The summed E-state index contributed by atoms with van der Waals surface area (Å²) in [5, 5.41) is 9.06. The molecule has 0 bridgehead atoms. The van der Waals surface area contributed by atoms with Crippen LogP contribution in [0.1, 0.15) is 17.3 Å². The third kappa shape index (κ3) is 4.61. The Labute approximate surface area is 126 Å². The molecule has 0 radical (unpaired) electrons. The van der Waals surface area contributed by atoms with Gasteiger partial charge in [0.1, 0.15) is 11.3 Å². The first kappa shape index (κ1) is 17.3. The second-order valence-electron chi connectivity index (χ2n) is 4.10. The normalized spacial score (nSPS) is 11.0. The van der Waals surface area contributed by atoms with Crippen LogP contribution < -0.4 is 4.74 Å². The molecule has 21 heavy (non-hydrogen) atoms. The first-order valence-corrected chi connectivity index (χ1v) is 8.16. The summed E-state index contributed by atoms with van der Waals surface area (Å²) in [5.74, 6) is -1.82. The maximum atomic E-state index is 11.6. The highest BCUT2D eigenvalue weighted by Gasteiger charge is 2.19. The second-order valence-corrected chi connectivity index (χ2v) is 6.66. The summed E-state index contributed by atoms with van der Waals surface area (Å²) < 4.78 is 27.5. The van der Waals surface area contributed by atoms with Crippen LogP contribution in [-0.4, -0.2) is 50.5 Å². The van der Waals surface area contributed by atoms with Crippen LogP contribution in [0.3, 0.4) is 0 Å². The molecule has 0 aliphatic carbocycles. The Balaban J connectivity index is 3.03. The number of benzene rings is 1. The molecule has 0 heterocycles. The molecule has 0 unspecified atom stereocenters. The Morgan fingerprint density at radius 1 is 1.38 bits per heavy atom. The number of carbonyl (C=O) groups excluding carboxylic acids is 1. The van der Waals surface area contributed by atoms with Crippen LogP contribution in [0.4, 0.5) is 0 Å². The van der Waals surface area contributed by atoms with E-state index in [-0.39, 0.29) is 28.7 Å². The molecular formula is C12H14ClNO6S. The van der Waals surface area contributed by atoms with Gasteiger partial charge in [-0.15, -0.1) is 0 Å². The molecule has 1 amide bonds. The number of aromatic carboxylic acids is 1. The zero-order valence-electron chi connectivity index (χ0n) is 11.4. The average Bonchev–Trinajstić information content (AvgIpc) is 2.42. The molecule has 1 aromatic carbocycles. The van der Waals surface area contributed by atoms with E-state index in [1.54, 1.807) is 14.0 Å². The molecule has 0 saturated carbocycles. The average molecular weight is 336 g/mol. The zero-order valence-corrected chi connectivity index (χ0v) is 12.9. The highest BCUT2D eigenvalue weighted by Crippen LogP contribution is 2.24. The standard InChI is InChI=1S/C12H14ClNO6S/c1-3-14(2)11(15)7-20-10-5-4-8(21(13,18)19)6-9(10)12(16)17/h4-6H,3,7H2,1-2H3,(H,16,17). The van der Waals surface area contributed by atoms with E-state index >= 15 is 0 Å². The predicted molar refractivity (Wildman–Crippen MR) is 75.2 cm³/mol. The van der Waals surface area contributed by atoms with Gasteiger partial charge in [-0.1, -0.05) is 0 Å². The quantitative estimate of drug-likeness (QED) is 0.783. The molecule has 0 aliphatic rings. The second kappa shape index (κ2) is 6.77. The van der Waals surface area contributed by atoms with Crippen molar-refractivity contribution in [1.82, 2.24) is 4.90 Å². The van der Waals surface area contributed by atoms with E-state index in [0.29, 0.717) is 6.54 Å². The van der Waals surface area contributed by atoms with Crippen molar-refractivity contribution in [2.75, 3.05) is 20.2 Å². The lowest BCUT2D eigenvalue weighted by Gasteiger charge is -2.15. The van der Waals surface area contributed by atoms with Gasteiger partial charge in [0.25, 0.3) is 15.0 Å². The predicted octanol–water partition coefficient (Wildman–Crippen LogP) is 1.17. The van der Waals surface area contributed by atoms with Crippen molar-refractivity contribution in [2.24, 2.45) is 0 Å². The highest BCUT2D eigenvalue weighted by molar-refractivity contribution is 8.13.